The lowest BCUT2D eigenvalue weighted by Crippen LogP contribution is -2.60. The van der Waals surface area contributed by atoms with Crippen molar-refractivity contribution in [2.24, 2.45) is 0 Å². The van der Waals surface area contributed by atoms with Crippen LogP contribution in [-0.4, -0.2) is 96.0 Å². The molecule has 0 aromatic heterocycles. The maximum absolute atomic E-state index is 12.8. The molecule has 0 amide bonds. The number of unbranched alkanes of at least 4 members (excludes halogenated alkanes) is 21. The summed E-state index contributed by atoms with van der Waals surface area (Å²) in [4.78, 5) is 25.5. The van der Waals surface area contributed by atoms with Crippen LogP contribution in [0.25, 0.3) is 0 Å². The molecule has 2 unspecified atom stereocenters. The number of hydrogen-bond acceptors (Lipinski definition) is 11. The van der Waals surface area contributed by atoms with Gasteiger partial charge in [0, 0.05) is 12.8 Å². The Balaban J connectivity index is 2.39. The zero-order valence-electron chi connectivity index (χ0n) is 40.8. The summed E-state index contributed by atoms with van der Waals surface area (Å²) in [6.07, 6.45) is 45.3. The highest BCUT2D eigenvalue weighted by atomic mass is 32.2. The van der Waals surface area contributed by atoms with Gasteiger partial charge in [-0.15, -0.1) is 0 Å². The van der Waals surface area contributed by atoms with Crippen molar-refractivity contribution in [3.63, 3.8) is 0 Å². The molecule has 0 aliphatic carbocycles. The lowest BCUT2D eigenvalue weighted by atomic mass is 10.00. The Bertz CT molecular complexity index is 1490. The number of allylic oxidation sites excluding steroid dienone is 12. The van der Waals surface area contributed by atoms with Crippen molar-refractivity contribution in [3.05, 3.63) is 72.9 Å². The molecule has 12 nitrogen and oxygen atoms in total. The van der Waals surface area contributed by atoms with E-state index >= 15 is 0 Å². The molecule has 1 aliphatic heterocycles. The molecular weight excluding hydrogens is 861 g/mol. The SMILES string of the molecule is CC/C=C/C=C/C=C/C=C/CCCCCCCC(=O)O[C@H](COC(=O)CCC/C=C/CC/C=C/CCCCCCCCCCCCCCCC)CO[C@H]1O[C@H](CS(=O)(=O)O)[C@@H](O)C(O)C1O. The minimum absolute atomic E-state index is 0.127. The van der Waals surface area contributed by atoms with Gasteiger partial charge >= 0.3 is 11.9 Å². The normalized spacial score (nSPS) is 20.0. The third-order valence-electron chi connectivity index (χ3n) is 11.3. The fourth-order valence-corrected chi connectivity index (χ4v) is 8.10. The van der Waals surface area contributed by atoms with Gasteiger partial charge in [-0.2, -0.15) is 8.42 Å². The van der Waals surface area contributed by atoms with Crippen molar-refractivity contribution in [3.8, 4) is 0 Å². The van der Waals surface area contributed by atoms with Crippen molar-refractivity contribution in [1.82, 2.24) is 0 Å². The molecular formula is C53H90O12S. The summed E-state index contributed by atoms with van der Waals surface area (Å²) in [6.45, 7) is 3.58. The zero-order valence-corrected chi connectivity index (χ0v) is 41.6. The Morgan fingerprint density at radius 2 is 1.00 bits per heavy atom. The first-order valence-electron chi connectivity index (χ1n) is 25.5. The Morgan fingerprint density at radius 3 is 1.56 bits per heavy atom. The van der Waals surface area contributed by atoms with Gasteiger partial charge in [-0.3, -0.25) is 14.1 Å². The molecule has 6 atom stereocenters. The summed E-state index contributed by atoms with van der Waals surface area (Å²) in [5, 5.41) is 30.9. The highest BCUT2D eigenvalue weighted by Crippen LogP contribution is 2.24. The van der Waals surface area contributed by atoms with Crippen LogP contribution < -0.4 is 0 Å². The van der Waals surface area contributed by atoms with E-state index in [1.807, 2.05) is 36.5 Å². The van der Waals surface area contributed by atoms with Crippen molar-refractivity contribution in [2.75, 3.05) is 19.0 Å². The zero-order chi connectivity index (χ0) is 48.4. The second kappa shape index (κ2) is 42.2. The summed E-state index contributed by atoms with van der Waals surface area (Å²) in [6, 6.07) is 0. The molecule has 0 aromatic rings. The number of esters is 2. The molecule has 0 bridgehead atoms. The highest BCUT2D eigenvalue weighted by molar-refractivity contribution is 7.85. The standard InChI is InChI=1S/C53H90O12S/c1-3-5-7-9-11-13-15-17-19-20-21-22-23-24-25-26-28-29-31-33-35-37-39-41-48(54)62-43-46(44-63-53-52(58)51(57)50(56)47(65-53)45-66(59,60)61)64-49(55)42-40-38-36-34-32-30-27-18-16-14-12-10-8-6-4-2/h6,8,10,12,14,16,18,26-28,33,35,46-47,50-53,56-58H,3-5,7,9,11,13,15,17,19-25,29-32,34,36-45H2,1-2H3,(H,59,60,61)/b8-6+,12-10+,16-14+,27-18+,28-26+,35-33+/t46-,47-,50-,51?,52?,53+/m1/s1. The average molecular weight is 951 g/mol. The van der Waals surface area contributed by atoms with Crippen LogP contribution in [0.2, 0.25) is 0 Å². The fraction of sp³-hybridized carbons (Fsp3) is 0.736. The van der Waals surface area contributed by atoms with Gasteiger partial charge in [0.15, 0.2) is 12.4 Å². The summed E-state index contributed by atoms with van der Waals surface area (Å²) in [5.41, 5.74) is 0. The van der Waals surface area contributed by atoms with Crippen molar-refractivity contribution in [2.45, 2.75) is 230 Å². The smallest absolute Gasteiger partial charge is 0.306 e. The first-order chi connectivity index (χ1) is 32.0. The number of carbonyl (C=O) groups is 2. The molecule has 4 N–H and O–H groups in total. The summed E-state index contributed by atoms with van der Waals surface area (Å²) in [7, 11) is -4.62. The first kappa shape index (κ1) is 61.1. The van der Waals surface area contributed by atoms with Gasteiger partial charge in [-0.25, -0.2) is 0 Å². The number of aliphatic hydroxyl groups excluding tert-OH is 3. The third kappa shape index (κ3) is 36.2. The molecule has 1 aliphatic rings. The van der Waals surface area contributed by atoms with Gasteiger partial charge in [0.05, 0.1) is 6.61 Å². The maximum Gasteiger partial charge on any atom is 0.306 e. The lowest BCUT2D eigenvalue weighted by molar-refractivity contribution is -0.297. The number of ether oxygens (including phenoxy) is 4. The van der Waals surface area contributed by atoms with E-state index in [9.17, 15) is 37.9 Å². The molecule has 1 saturated heterocycles. The van der Waals surface area contributed by atoms with Gasteiger partial charge in [-0.05, 0) is 64.2 Å². The highest BCUT2D eigenvalue weighted by Gasteiger charge is 2.46. The van der Waals surface area contributed by atoms with E-state index < -0.39 is 71.2 Å². The van der Waals surface area contributed by atoms with Gasteiger partial charge in [0.1, 0.15) is 36.8 Å². The second-order valence-corrected chi connectivity index (χ2v) is 19.0. The molecule has 13 heteroatoms. The van der Waals surface area contributed by atoms with E-state index in [2.05, 4.69) is 50.3 Å². The van der Waals surface area contributed by atoms with Crippen LogP contribution in [0.5, 0.6) is 0 Å². The van der Waals surface area contributed by atoms with Crippen LogP contribution in [0, 0.1) is 0 Å². The molecule has 380 valence electrons. The van der Waals surface area contributed by atoms with E-state index in [0.717, 1.165) is 57.8 Å². The summed E-state index contributed by atoms with van der Waals surface area (Å²) < 4.78 is 54.1. The minimum atomic E-state index is -4.62. The van der Waals surface area contributed by atoms with Crippen molar-refractivity contribution in [1.29, 1.82) is 0 Å². The number of rotatable bonds is 42. The van der Waals surface area contributed by atoms with E-state index in [0.29, 0.717) is 19.3 Å². The molecule has 0 aromatic carbocycles. The van der Waals surface area contributed by atoms with Crippen molar-refractivity contribution < 1.29 is 56.8 Å². The number of hydrogen-bond donors (Lipinski definition) is 4. The van der Waals surface area contributed by atoms with E-state index in [-0.39, 0.29) is 19.4 Å². The lowest BCUT2D eigenvalue weighted by Gasteiger charge is -2.40. The van der Waals surface area contributed by atoms with E-state index in [1.54, 1.807) is 0 Å². The molecule has 1 fully saturated rings. The predicted molar refractivity (Wildman–Crippen MR) is 265 cm³/mol. The Morgan fingerprint density at radius 1 is 0.530 bits per heavy atom. The Kier molecular flexibility index (Phi) is 39.1. The molecule has 1 rings (SSSR count). The fourth-order valence-electron chi connectivity index (χ4n) is 7.41. The average Bonchev–Trinajstić information content (AvgIpc) is 3.28. The Hall–Kier alpha value is -2.91. The van der Waals surface area contributed by atoms with Crippen molar-refractivity contribution >= 4 is 22.1 Å². The van der Waals surface area contributed by atoms with Crippen LogP contribution in [0.1, 0.15) is 194 Å². The quantitative estimate of drug-likeness (QED) is 0.0149. The monoisotopic (exact) mass is 951 g/mol. The van der Waals surface area contributed by atoms with Gasteiger partial charge in [-0.1, -0.05) is 189 Å². The van der Waals surface area contributed by atoms with E-state index in [1.165, 1.54) is 89.9 Å². The summed E-state index contributed by atoms with van der Waals surface area (Å²) in [5.74, 6) is -2.07. The minimum Gasteiger partial charge on any atom is -0.462 e. The summed E-state index contributed by atoms with van der Waals surface area (Å²) >= 11 is 0. The number of carbonyl (C=O) groups excluding carboxylic acids is 2. The van der Waals surface area contributed by atoms with Crippen LogP contribution in [0.3, 0.4) is 0 Å². The molecule has 66 heavy (non-hydrogen) atoms. The van der Waals surface area contributed by atoms with E-state index in [4.69, 9.17) is 18.9 Å². The topological polar surface area (TPSA) is 186 Å². The molecule has 1 heterocycles. The van der Waals surface area contributed by atoms with Gasteiger partial charge < -0.3 is 34.3 Å². The maximum atomic E-state index is 12.8. The van der Waals surface area contributed by atoms with Crippen LogP contribution in [0.4, 0.5) is 0 Å². The molecule has 0 saturated carbocycles. The number of aliphatic hydroxyl groups is 3. The third-order valence-corrected chi connectivity index (χ3v) is 12.1. The molecule has 0 spiro atoms. The van der Waals surface area contributed by atoms with Crippen LogP contribution in [0.15, 0.2) is 72.9 Å². The first-order valence-corrected chi connectivity index (χ1v) is 27.2. The Labute approximate surface area is 399 Å². The van der Waals surface area contributed by atoms with Crippen LogP contribution in [-0.2, 0) is 38.7 Å². The molecule has 0 radical (unpaired) electrons. The van der Waals surface area contributed by atoms with Gasteiger partial charge in [0.25, 0.3) is 10.1 Å². The van der Waals surface area contributed by atoms with Crippen LogP contribution >= 0.6 is 0 Å². The second-order valence-electron chi connectivity index (χ2n) is 17.5. The predicted octanol–water partition coefficient (Wildman–Crippen LogP) is 11.5. The largest absolute Gasteiger partial charge is 0.462 e. The van der Waals surface area contributed by atoms with Gasteiger partial charge in [0.2, 0.25) is 0 Å².